The summed E-state index contributed by atoms with van der Waals surface area (Å²) in [5.74, 6) is 0.363. The Morgan fingerprint density at radius 1 is 1.00 bits per heavy atom. The fourth-order valence-electron chi connectivity index (χ4n) is 2.96. The van der Waals surface area contributed by atoms with Crippen LogP contribution in [-0.2, 0) is 4.79 Å². The maximum absolute atomic E-state index is 11.7. The number of piperidine rings is 1. The number of piperazine rings is 1. The zero-order valence-corrected chi connectivity index (χ0v) is 12.0. The number of rotatable bonds is 6. The van der Waals surface area contributed by atoms with Gasteiger partial charge >= 0.3 is 0 Å². The Hall–Kier alpha value is -0.870. The molecule has 0 aliphatic carbocycles. The smallest absolute Gasteiger partial charge is 0.222 e. The van der Waals surface area contributed by atoms with Crippen LogP contribution < -0.4 is 0 Å². The largest absolute Gasteiger partial charge is 0.343 e. The Bertz CT molecular complexity index is 298. The van der Waals surface area contributed by atoms with Gasteiger partial charge in [0.1, 0.15) is 0 Å². The second-order valence-electron chi connectivity index (χ2n) is 5.62. The van der Waals surface area contributed by atoms with Crippen molar-refractivity contribution in [2.24, 2.45) is 0 Å². The van der Waals surface area contributed by atoms with E-state index in [4.69, 9.17) is 0 Å². The topological polar surface area (TPSA) is 26.8 Å². The van der Waals surface area contributed by atoms with Gasteiger partial charge in [-0.25, -0.2) is 0 Å². The third-order valence-electron chi connectivity index (χ3n) is 4.18. The van der Waals surface area contributed by atoms with E-state index in [1.807, 2.05) is 6.08 Å². The van der Waals surface area contributed by atoms with Gasteiger partial charge in [-0.1, -0.05) is 6.08 Å². The van der Waals surface area contributed by atoms with E-state index in [-0.39, 0.29) is 0 Å². The molecule has 2 fully saturated rings. The number of likely N-dealkylation sites (tertiary alicyclic amines) is 1. The molecule has 2 rings (SSSR count). The van der Waals surface area contributed by atoms with Gasteiger partial charge in [-0.05, 0) is 25.8 Å². The van der Waals surface area contributed by atoms with Crippen LogP contribution in [0, 0.1) is 0 Å². The molecule has 0 aromatic heterocycles. The van der Waals surface area contributed by atoms with Crippen molar-refractivity contribution in [1.29, 1.82) is 0 Å². The molecule has 0 N–H and O–H groups in total. The van der Waals surface area contributed by atoms with Crippen LogP contribution >= 0.6 is 0 Å². The molecule has 0 radical (unpaired) electrons. The van der Waals surface area contributed by atoms with Crippen molar-refractivity contribution < 1.29 is 4.79 Å². The molecule has 2 heterocycles. The molecule has 2 saturated heterocycles. The summed E-state index contributed by atoms with van der Waals surface area (Å²) in [5.41, 5.74) is 0. The molecular formula is C15H27N3O. The molecule has 0 spiro atoms. The lowest BCUT2D eigenvalue weighted by Crippen LogP contribution is -2.47. The van der Waals surface area contributed by atoms with Gasteiger partial charge in [0.05, 0.1) is 0 Å². The van der Waals surface area contributed by atoms with Crippen LogP contribution in [0.3, 0.4) is 0 Å². The Balaban J connectivity index is 1.59. The van der Waals surface area contributed by atoms with E-state index < -0.39 is 0 Å². The molecule has 0 aromatic carbocycles. The number of carbonyl (C=O) groups excluding carboxylic acids is 1. The van der Waals surface area contributed by atoms with Gasteiger partial charge in [0.15, 0.2) is 0 Å². The highest BCUT2D eigenvalue weighted by Gasteiger charge is 2.19. The van der Waals surface area contributed by atoms with E-state index in [1.165, 1.54) is 6.42 Å². The Morgan fingerprint density at radius 2 is 1.74 bits per heavy atom. The maximum atomic E-state index is 11.7. The van der Waals surface area contributed by atoms with Crippen molar-refractivity contribution in [2.75, 3.05) is 52.4 Å². The number of nitrogens with zero attached hydrogens (tertiary/aromatic N) is 3. The molecule has 0 unspecified atom stereocenters. The van der Waals surface area contributed by atoms with Crippen LogP contribution in [0.5, 0.6) is 0 Å². The Kier molecular flexibility index (Phi) is 5.86. The molecule has 1 amide bonds. The van der Waals surface area contributed by atoms with Gasteiger partial charge in [0.2, 0.25) is 5.91 Å². The highest BCUT2D eigenvalue weighted by molar-refractivity contribution is 5.76. The summed E-state index contributed by atoms with van der Waals surface area (Å²) in [6, 6.07) is 0. The molecule has 2 aliphatic heterocycles. The van der Waals surface area contributed by atoms with Gasteiger partial charge in [-0.2, -0.15) is 0 Å². The van der Waals surface area contributed by atoms with Crippen LogP contribution in [-0.4, -0.2) is 73.0 Å². The predicted molar refractivity (Wildman–Crippen MR) is 78.1 cm³/mol. The van der Waals surface area contributed by atoms with Crippen LogP contribution in [0.25, 0.3) is 0 Å². The molecule has 0 saturated carbocycles. The highest BCUT2D eigenvalue weighted by atomic mass is 16.2. The minimum Gasteiger partial charge on any atom is -0.343 e. The predicted octanol–water partition coefficient (Wildman–Crippen LogP) is 1.19. The second kappa shape index (κ2) is 7.65. The number of carbonyl (C=O) groups is 1. The molecule has 4 heteroatoms. The fraction of sp³-hybridized carbons (Fsp3) is 0.800. The van der Waals surface area contributed by atoms with Crippen molar-refractivity contribution in [2.45, 2.75) is 25.7 Å². The lowest BCUT2D eigenvalue weighted by molar-refractivity contribution is -0.133. The van der Waals surface area contributed by atoms with Crippen molar-refractivity contribution in [1.82, 2.24) is 14.7 Å². The van der Waals surface area contributed by atoms with Gasteiger partial charge in [-0.3, -0.25) is 9.69 Å². The van der Waals surface area contributed by atoms with E-state index in [0.29, 0.717) is 5.91 Å². The molecule has 0 aromatic rings. The summed E-state index contributed by atoms with van der Waals surface area (Å²) in [7, 11) is 0. The summed E-state index contributed by atoms with van der Waals surface area (Å²) < 4.78 is 0. The van der Waals surface area contributed by atoms with E-state index in [0.717, 1.165) is 71.6 Å². The van der Waals surface area contributed by atoms with Crippen LogP contribution in [0.15, 0.2) is 12.7 Å². The first-order valence-corrected chi connectivity index (χ1v) is 7.63. The van der Waals surface area contributed by atoms with E-state index in [1.54, 1.807) is 0 Å². The minimum atomic E-state index is 0.363. The summed E-state index contributed by atoms with van der Waals surface area (Å²) >= 11 is 0. The van der Waals surface area contributed by atoms with Gasteiger partial charge in [-0.15, -0.1) is 6.58 Å². The number of hydrogen-bond acceptors (Lipinski definition) is 3. The Morgan fingerprint density at radius 3 is 2.42 bits per heavy atom. The first kappa shape index (κ1) is 14.5. The van der Waals surface area contributed by atoms with Gasteiger partial charge < -0.3 is 9.80 Å². The normalized spacial score (nSPS) is 22.7. The van der Waals surface area contributed by atoms with Crippen molar-refractivity contribution in [3.05, 3.63) is 12.7 Å². The molecule has 4 nitrogen and oxygen atoms in total. The van der Waals surface area contributed by atoms with Crippen LogP contribution in [0.1, 0.15) is 25.7 Å². The molecule has 0 bridgehead atoms. The number of hydrogen-bond donors (Lipinski definition) is 0. The average molecular weight is 265 g/mol. The summed E-state index contributed by atoms with van der Waals surface area (Å²) in [4.78, 5) is 18.7. The second-order valence-corrected chi connectivity index (χ2v) is 5.62. The van der Waals surface area contributed by atoms with Crippen LogP contribution in [0.2, 0.25) is 0 Å². The lowest BCUT2D eigenvalue weighted by Gasteiger charge is -2.34. The van der Waals surface area contributed by atoms with Gasteiger partial charge in [0, 0.05) is 52.2 Å². The van der Waals surface area contributed by atoms with Crippen molar-refractivity contribution in [3.63, 3.8) is 0 Å². The van der Waals surface area contributed by atoms with E-state index >= 15 is 0 Å². The standard InChI is InChI=1S/C15H27N3O/c1-2-7-16-11-13-17(14-12-16)8-5-10-18-9-4-3-6-15(18)19/h2H,1,3-14H2. The molecular weight excluding hydrogens is 238 g/mol. The number of amides is 1. The first-order chi connectivity index (χ1) is 9.29. The zero-order valence-electron chi connectivity index (χ0n) is 12.0. The summed E-state index contributed by atoms with van der Waals surface area (Å²) in [6.45, 7) is 12.5. The van der Waals surface area contributed by atoms with Crippen molar-refractivity contribution in [3.8, 4) is 0 Å². The third-order valence-corrected chi connectivity index (χ3v) is 4.18. The average Bonchev–Trinajstić information content (AvgIpc) is 2.43. The maximum Gasteiger partial charge on any atom is 0.222 e. The minimum absolute atomic E-state index is 0.363. The van der Waals surface area contributed by atoms with Gasteiger partial charge in [0.25, 0.3) is 0 Å². The third kappa shape index (κ3) is 4.62. The van der Waals surface area contributed by atoms with Crippen molar-refractivity contribution >= 4 is 5.91 Å². The lowest BCUT2D eigenvalue weighted by atomic mass is 10.1. The Labute approximate surface area is 117 Å². The zero-order chi connectivity index (χ0) is 13.5. The quantitative estimate of drug-likeness (QED) is 0.675. The summed E-state index contributed by atoms with van der Waals surface area (Å²) in [5, 5.41) is 0. The molecule has 108 valence electrons. The fourth-order valence-corrected chi connectivity index (χ4v) is 2.96. The van der Waals surface area contributed by atoms with Crippen LogP contribution in [0.4, 0.5) is 0 Å². The first-order valence-electron chi connectivity index (χ1n) is 7.63. The summed E-state index contributed by atoms with van der Waals surface area (Å²) in [6.07, 6.45) is 6.14. The van der Waals surface area contributed by atoms with E-state index in [2.05, 4.69) is 21.3 Å². The monoisotopic (exact) mass is 265 g/mol. The SMILES string of the molecule is C=CCN1CCN(CCCN2CCCCC2=O)CC1. The molecule has 2 aliphatic rings. The molecule has 0 atom stereocenters. The highest BCUT2D eigenvalue weighted by Crippen LogP contribution is 2.11. The molecule has 19 heavy (non-hydrogen) atoms. The van der Waals surface area contributed by atoms with E-state index in [9.17, 15) is 4.79 Å².